The number of aryl methyl sites for hydroxylation is 1. The number of carbonyl (C=O) groups is 1. The maximum atomic E-state index is 14.1. The largest absolute Gasteiger partial charge is 0.494 e. The highest BCUT2D eigenvalue weighted by molar-refractivity contribution is 5.99. The molecule has 1 amide bonds. The summed E-state index contributed by atoms with van der Waals surface area (Å²) in [5.74, 6) is -2.87. The van der Waals surface area contributed by atoms with Crippen molar-refractivity contribution in [3.8, 4) is 17.0 Å². The van der Waals surface area contributed by atoms with Gasteiger partial charge in [-0.3, -0.25) is 14.2 Å². The second-order valence-electron chi connectivity index (χ2n) is 9.67. The van der Waals surface area contributed by atoms with E-state index in [1.165, 1.54) is 28.8 Å². The Bertz CT molecular complexity index is 1600. The zero-order chi connectivity index (χ0) is 29.0. The molecule has 4 aromatic rings. The second kappa shape index (κ2) is 12.2. The molecule has 0 aliphatic heterocycles. The highest BCUT2D eigenvalue weighted by Gasteiger charge is 2.24. The first-order valence-corrected chi connectivity index (χ1v) is 13.1. The molecule has 0 fully saturated rings. The van der Waals surface area contributed by atoms with Gasteiger partial charge in [0.25, 0.3) is 5.56 Å². The summed E-state index contributed by atoms with van der Waals surface area (Å²) >= 11 is 0. The van der Waals surface area contributed by atoms with Crippen molar-refractivity contribution < 1.29 is 23.1 Å². The fourth-order valence-corrected chi connectivity index (χ4v) is 4.96. The van der Waals surface area contributed by atoms with Crippen LogP contribution in [0.4, 0.5) is 13.2 Å². The number of benzene rings is 3. The summed E-state index contributed by atoms with van der Waals surface area (Å²) < 4.78 is 43.5. The third-order valence-corrected chi connectivity index (χ3v) is 6.85. The molecule has 0 unspecified atom stereocenters. The number of aromatic hydroxyl groups is 1. The van der Waals surface area contributed by atoms with Gasteiger partial charge in [0.15, 0.2) is 0 Å². The smallest absolute Gasteiger partial charge is 0.280 e. The van der Waals surface area contributed by atoms with Gasteiger partial charge >= 0.3 is 0 Å². The van der Waals surface area contributed by atoms with Crippen molar-refractivity contribution in [1.82, 2.24) is 9.55 Å². The summed E-state index contributed by atoms with van der Waals surface area (Å²) in [6.07, 6.45) is 2.26. The van der Waals surface area contributed by atoms with Gasteiger partial charge in [-0.05, 0) is 59.4 Å². The topological polar surface area (TPSA) is 98.2 Å². The number of hydrogen-bond acceptors (Lipinski definition) is 4. The molecule has 1 atom stereocenters. The molecule has 0 spiro atoms. The Balaban J connectivity index is 1.82. The second-order valence-corrected chi connectivity index (χ2v) is 9.67. The van der Waals surface area contributed by atoms with Crippen molar-refractivity contribution in [3.63, 3.8) is 0 Å². The molecule has 1 aromatic heterocycles. The van der Waals surface area contributed by atoms with Crippen LogP contribution in [-0.4, -0.2) is 20.6 Å². The fourth-order valence-electron chi connectivity index (χ4n) is 4.96. The van der Waals surface area contributed by atoms with Crippen molar-refractivity contribution in [2.75, 3.05) is 0 Å². The quantitative estimate of drug-likeness (QED) is 0.251. The van der Waals surface area contributed by atoms with Crippen molar-refractivity contribution in [2.24, 2.45) is 5.73 Å². The maximum Gasteiger partial charge on any atom is 0.280 e. The molecule has 9 heteroatoms. The molecule has 3 aromatic carbocycles. The average Bonchev–Trinajstić information content (AvgIpc) is 2.91. The van der Waals surface area contributed by atoms with Crippen LogP contribution < -0.4 is 11.3 Å². The van der Waals surface area contributed by atoms with E-state index in [0.717, 1.165) is 18.6 Å². The summed E-state index contributed by atoms with van der Waals surface area (Å²) in [5, 5.41) is 11.5. The first-order valence-electron chi connectivity index (χ1n) is 13.1. The van der Waals surface area contributed by atoms with Crippen LogP contribution in [0.1, 0.15) is 72.0 Å². The Kier molecular flexibility index (Phi) is 8.72. The molecule has 0 saturated carbocycles. The minimum atomic E-state index is -0.785. The van der Waals surface area contributed by atoms with Gasteiger partial charge in [0.05, 0.1) is 11.6 Å². The number of nitrogens with two attached hydrogens (primary N) is 1. The molecule has 4 rings (SSSR count). The lowest BCUT2D eigenvalue weighted by molar-refractivity contribution is 0.100. The van der Waals surface area contributed by atoms with Gasteiger partial charge in [-0.25, -0.2) is 13.2 Å². The average molecular weight is 550 g/mol. The lowest BCUT2D eigenvalue weighted by atomic mass is 9.95. The third kappa shape index (κ3) is 6.09. The third-order valence-electron chi connectivity index (χ3n) is 6.85. The van der Waals surface area contributed by atoms with E-state index in [1.54, 1.807) is 24.3 Å². The Morgan fingerprint density at radius 2 is 1.73 bits per heavy atom. The van der Waals surface area contributed by atoms with Gasteiger partial charge in [0.2, 0.25) is 11.8 Å². The van der Waals surface area contributed by atoms with Crippen LogP contribution in [0.5, 0.6) is 5.88 Å². The number of carbonyl (C=O) groups excluding carboxylic acids is 1. The first-order chi connectivity index (χ1) is 19.1. The standard InChI is InChI=1S/C31H30F3N3O3/c1-3-5-9-28-36-30(39)26(31(40)37(28)27(4-2)20-14-22(33)16-23(34)15-20)13-18-7-6-8-19(12-18)24-11-10-21(32)17-25(24)29(35)38/h6-8,10-12,14-17,27,40H,3-5,9,13H2,1-2H3,(H2,35,38)/t27-/m0/s1. The van der Waals surface area contributed by atoms with Crippen LogP contribution in [0.3, 0.4) is 0 Å². The Morgan fingerprint density at radius 3 is 2.38 bits per heavy atom. The number of nitrogens with zero attached hydrogens (tertiary/aromatic N) is 2. The summed E-state index contributed by atoms with van der Waals surface area (Å²) in [7, 11) is 0. The molecular weight excluding hydrogens is 519 g/mol. The monoisotopic (exact) mass is 549 g/mol. The molecule has 40 heavy (non-hydrogen) atoms. The lowest BCUT2D eigenvalue weighted by Crippen LogP contribution is -2.26. The van der Waals surface area contributed by atoms with E-state index in [2.05, 4.69) is 4.98 Å². The summed E-state index contributed by atoms with van der Waals surface area (Å²) in [4.78, 5) is 29.4. The number of aromatic nitrogens is 2. The maximum absolute atomic E-state index is 14.1. The molecule has 3 N–H and O–H groups in total. The van der Waals surface area contributed by atoms with E-state index < -0.39 is 35.0 Å². The van der Waals surface area contributed by atoms with Crippen LogP contribution in [0.25, 0.3) is 11.1 Å². The van der Waals surface area contributed by atoms with Crippen molar-refractivity contribution in [3.05, 3.63) is 117 Å². The van der Waals surface area contributed by atoms with E-state index >= 15 is 0 Å². The number of rotatable bonds is 10. The molecule has 0 radical (unpaired) electrons. The SMILES string of the molecule is CCCCc1nc(=O)c(Cc2cccc(-c3ccc(F)cc3C(N)=O)c2)c(O)n1[C@@H](CC)c1cc(F)cc(F)c1. The van der Waals surface area contributed by atoms with E-state index in [4.69, 9.17) is 5.73 Å². The predicted molar refractivity (Wildman–Crippen MR) is 147 cm³/mol. The van der Waals surface area contributed by atoms with Crippen LogP contribution >= 0.6 is 0 Å². The number of hydrogen-bond donors (Lipinski definition) is 2. The van der Waals surface area contributed by atoms with E-state index in [0.29, 0.717) is 47.3 Å². The number of halogens is 3. The predicted octanol–water partition coefficient (Wildman–Crippen LogP) is 6.06. The summed E-state index contributed by atoms with van der Waals surface area (Å²) in [6.45, 7) is 3.80. The Hall–Kier alpha value is -4.40. The number of amides is 1. The van der Waals surface area contributed by atoms with Gasteiger partial charge in [-0.15, -0.1) is 0 Å². The molecule has 208 valence electrons. The normalized spacial score (nSPS) is 11.9. The molecule has 0 bridgehead atoms. The molecule has 6 nitrogen and oxygen atoms in total. The van der Waals surface area contributed by atoms with E-state index in [-0.39, 0.29) is 23.4 Å². The molecule has 0 aliphatic rings. The fraction of sp³-hybridized carbons (Fsp3) is 0.258. The van der Waals surface area contributed by atoms with Crippen LogP contribution in [0.2, 0.25) is 0 Å². The van der Waals surface area contributed by atoms with Gasteiger partial charge in [-0.1, -0.05) is 50.6 Å². The van der Waals surface area contributed by atoms with Crippen molar-refractivity contribution in [1.29, 1.82) is 0 Å². The van der Waals surface area contributed by atoms with Gasteiger partial charge in [-0.2, -0.15) is 4.98 Å². The van der Waals surface area contributed by atoms with Crippen molar-refractivity contribution in [2.45, 2.75) is 52.0 Å². The highest BCUT2D eigenvalue weighted by atomic mass is 19.1. The van der Waals surface area contributed by atoms with E-state index in [1.807, 2.05) is 13.8 Å². The Morgan fingerprint density at radius 1 is 1.00 bits per heavy atom. The summed E-state index contributed by atoms with van der Waals surface area (Å²) in [5.41, 5.74) is 6.79. The molecule has 0 saturated heterocycles. The zero-order valence-electron chi connectivity index (χ0n) is 22.3. The molecular formula is C31H30F3N3O3. The minimum absolute atomic E-state index is 0.0115. The molecule has 0 aliphatic carbocycles. The highest BCUT2D eigenvalue weighted by Crippen LogP contribution is 2.32. The van der Waals surface area contributed by atoms with Gasteiger partial charge in [0.1, 0.15) is 23.3 Å². The van der Waals surface area contributed by atoms with Crippen molar-refractivity contribution >= 4 is 5.91 Å². The molecule has 1 heterocycles. The zero-order valence-corrected chi connectivity index (χ0v) is 22.3. The van der Waals surface area contributed by atoms with Gasteiger partial charge < -0.3 is 10.8 Å². The number of unbranched alkanes of at least 4 members (excludes halogenated alkanes) is 1. The van der Waals surface area contributed by atoms with Crippen LogP contribution in [0.15, 0.2) is 65.5 Å². The minimum Gasteiger partial charge on any atom is -0.494 e. The van der Waals surface area contributed by atoms with E-state index in [9.17, 15) is 27.9 Å². The van der Waals surface area contributed by atoms with Crippen LogP contribution in [0, 0.1) is 17.5 Å². The Labute approximate surface area is 229 Å². The summed E-state index contributed by atoms with van der Waals surface area (Å²) in [6, 6.07) is 13.1. The first kappa shape index (κ1) is 28.6. The lowest BCUT2D eigenvalue weighted by Gasteiger charge is -2.25. The van der Waals surface area contributed by atoms with Gasteiger partial charge in [0, 0.05) is 24.5 Å². The van der Waals surface area contributed by atoms with Crippen LogP contribution in [-0.2, 0) is 12.8 Å². The number of primary amides is 1.